The molecule has 2 aliphatic heterocycles. The maximum Gasteiger partial charge on any atom is 0.260 e. The molecular formula is C38H43F2N9O4. The first kappa shape index (κ1) is 35.9. The summed E-state index contributed by atoms with van der Waals surface area (Å²) in [5.74, 6) is -1.29. The number of imide groups is 1. The van der Waals surface area contributed by atoms with Crippen LogP contribution < -0.4 is 20.3 Å². The number of carbonyl (C=O) groups excluding carboxylic acids is 3. The number of nitrogens with zero attached hydrogens (tertiary/aromatic N) is 6. The van der Waals surface area contributed by atoms with Gasteiger partial charge in [-0.2, -0.15) is 14.7 Å². The van der Waals surface area contributed by atoms with Gasteiger partial charge in [-0.15, -0.1) is 0 Å². The lowest BCUT2D eigenvalue weighted by Gasteiger charge is -2.37. The van der Waals surface area contributed by atoms with Crippen LogP contribution in [0, 0.1) is 17.6 Å². The number of aromatic nitrogens is 5. The molecule has 3 N–H and O–H groups in total. The number of piperidine rings is 1. The van der Waals surface area contributed by atoms with Gasteiger partial charge in [0.05, 0.1) is 36.5 Å². The Bertz CT molecular complexity index is 2080. The molecule has 0 spiro atoms. The van der Waals surface area contributed by atoms with Crippen molar-refractivity contribution >= 4 is 45.8 Å². The number of benzene rings is 2. The van der Waals surface area contributed by atoms with Gasteiger partial charge in [0, 0.05) is 50.2 Å². The summed E-state index contributed by atoms with van der Waals surface area (Å²) in [5.41, 5.74) is 2.16. The van der Waals surface area contributed by atoms with E-state index < -0.39 is 23.5 Å². The zero-order valence-corrected chi connectivity index (χ0v) is 29.6. The van der Waals surface area contributed by atoms with Crippen molar-refractivity contribution in [2.45, 2.75) is 57.3 Å². The summed E-state index contributed by atoms with van der Waals surface area (Å²) < 4.78 is 36.6. The summed E-state index contributed by atoms with van der Waals surface area (Å²) in [4.78, 5) is 44.3. The first-order chi connectivity index (χ1) is 25.8. The molecule has 1 saturated carbocycles. The largest absolute Gasteiger partial charge is 0.496 e. The molecule has 1 aliphatic carbocycles. The molecule has 15 heteroatoms. The van der Waals surface area contributed by atoms with E-state index in [-0.39, 0.29) is 30.3 Å². The van der Waals surface area contributed by atoms with Gasteiger partial charge in [-0.3, -0.25) is 29.7 Å². The number of carbonyl (C=O) groups is 3. The molecule has 8 rings (SSSR count). The van der Waals surface area contributed by atoms with Crippen molar-refractivity contribution in [2.24, 2.45) is 5.92 Å². The predicted octanol–water partition coefficient (Wildman–Crippen LogP) is 5.44. The van der Waals surface area contributed by atoms with Crippen molar-refractivity contribution in [1.29, 1.82) is 0 Å². The van der Waals surface area contributed by atoms with Gasteiger partial charge in [-0.25, -0.2) is 13.8 Å². The molecular weight excluding hydrogens is 684 g/mol. The van der Waals surface area contributed by atoms with Crippen molar-refractivity contribution in [3.63, 3.8) is 0 Å². The SMILES string of the molecule is COc1cc2[nH]ncc2cc1C(=O)Nc1cnc2cccnn12.O=C1CCC(c2cc(F)c(N3CCN(CCC4CCCCC4)CC3)c(F)c2)C(=O)N1. The number of H-pyrrole nitrogens is 1. The van der Waals surface area contributed by atoms with Crippen LogP contribution in [0.5, 0.6) is 5.75 Å². The minimum Gasteiger partial charge on any atom is -0.496 e. The summed E-state index contributed by atoms with van der Waals surface area (Å²) in [5, 5.41) is 16.8. The zero-order valence-electron chi connectivity index (χ0n) is 29.6. The minimum absolute atomic E-state index is 0.00188. The third kappa shape index (κ3) is 8.14. The Morgan fingerprint density at radius 3 is 2.51 bits per heavy atom. The van der Waals surface area contributed by atoms with Gasteiger partial charge in [0.1, 0.15) is 23.1 Å². The molecule has 5 aromatic rings. The zero-order chi connectivity index (χ0) is 36.9. The monoisotopic (exact) mass is 727 g/mol. The molecule has 3 aromatic heterocycles. The first-order valence-electron chi connectivity index (χ1n) is 18.2. The fourth-order valence-corrected chi connectivity index (χ4v) is 7.55. The van der Waals surface area contributed by atoms with Gasteiger partial charge in [0.15, 0.2) is 11.5 Å². The summed E-state index contributed by atoms with van der Waals surface area (Å²) in [6, 6.07) is 9.57. The lowest BCUT2D eigenvalue weighted by atomic mass is 9.87. The van der Waals surface area contributed by atoms with Crippen LogP contribution >= 0.6 is 0 Å². The van der Waals surface area contributed by atoms with Crippen LogP contribution in [-0.4, -0.2) is 87.3 Å². The van der Waals surface area contributed by atoms with E-state index in [1.165, 1.54) is 57.8 Å². The first-order valence-corrected chi connectivity index (χ1v) is 18.2. The van der Waals surface area contributed by atoms with Gasteiger partial charge < -0.3 is 15.0 Å². The number of imidazole rings is 1. The second kappa shape index (κ2) is 16.1. The Kier molecular flexibility index (Phi) is 10.9. The van der Waals surface area contributed by atoms with E-state index in [0.29, 0.717) is 41.4 Å². The Morgan fingerprint density at radius 1 is 1.00 bits per heavy atom. The molecule has 3 aliphatic rings. The third-order valence-electron chi connectivity index (χ3n) is 10.5. The predicted molar refractivity (Wildman–Crippen MR) is 195 cm³/mol. The van der Waals surface area contributed by atoms with E-state index in [1.807, 2.05) is 0 Å². The number of amides is 3. The van der Waals surface area contributed by atoms with Crippen molar-refractivity contribution in [3.05, 3.63) is 77.8 Å². The van der Waals surface area contributed by atoms with Crippen LogP contribution in [0.1, 0.15) is 73.2 Å². The lowest BCUT2D eigenvalue weighted by molar-refractivity contribution is -0.134. The Balaban J connectivity index is 0.000000170. The molecule has 5 heterocycles. The van der Waals surface area contributed by atoms with Crippen molar-refractivity contribution < 1.29 is 27.9 Å². The number of hydrogen-bond acceptors (Lipinski definition) is 9. The highest BCUT2D eigenvalue weighted by Crippen LogP contribution is 2.33. The fourth-order valence-electron chi connectivity index (χ4n) is 7.55. The van der Waals surface area contributed by atoms with Gasteiger partial charge in [-0.05, 0) is 61.2 Å². The van der Waals surface area contributed by atoms with Crippen LogP contribution in [0.3, 0.4) is 0 Å². The lowest BCUT2D eigenvalue weighted by Crippen LogP contribution is -2.47. The number of fused-ring (bicyclic) bond motifs is 2. The van der Waals surface area contributed by atoms with Crippen LogP contribution in [0.2, 0.25) is 0 Å². The number of halogens is 2. The van der Waals surface area contributed by atoms with E-state index >= 15 is 0 Å². The fraction of sp³-hybridized carbons (Fsp3) is 0.421. The number of aromatic amines is 1. The minimum atomic E-state index is -0.683. The molecule has 1 unspecified atom stereocenters. The van der Waals surface area contributed by atoms with Crippen molar-refractivity contribution in [3.8, 4) is 5.75 Å². The second-order valence-electron chi connectivity index (χ2n) is 13.9. The molecule has 53 heavy (non-hydrogen) atoms. The van der Waals surface area contributed by atoms with E-state index in [4.69, 9.17) is 4.74 Å². The quantitative estimate of drug-likeness (QED) is 0.178. The highest BCUT2D eigenvalue weighted by Gasteiger charge is 2.31. The Hall–Kier alpha value is -5.44. The molecule has 2 saturated heterocycles. The Labute approximate surface area is 305 Å². The summed E-state index contributed by atoms with van der Waals surface area (Å²) in [7, 11) is 1.52. The topological polar surface area (TPSA) is 150 Å². The van der Waals surface area contributed by atoms with Crippen LogP contribution in [0.4, 0.5) is 20.3 Å². The van der Waals surface area contributed by atoms with Gasteiger partial charge in [0.2, 0.25) is 11.8 Å². The van der Waals surface area contributed by atoms with Gasteiger partial charge in [0.25, 0.3) is 5.91 Å². The maximum absolute atomic E-state index is 14.8. The molecule has 3 amide bonds. The second-order valence-corrected chi connectivity index (χ2v) is 13.9. The number of methoxy groups -OCH3 is 1. The van der Waals surface area contributed by atoms with Gasteiger partial charge >= 0.3 is 0 Å². The van der Waals surface area contributed by atoms with Gasteiger partial charge in [-0.1, -0.05) is 32.1 Å². The van der Waals surface area contributed by atoms with Crippen LogP contribution in [0.15, 0.2) is 55.0 Å². The van der Waals surface area contributed by atoms with E-state index in [9.17, 15) is 23.2 Å². The third-order valence-corrected chi connectivity index (χ3v) is 10.5. The summed E-state index contributed by atoms with van der Waals surface area (Å²) in [6.45, 7) is 3.87. The molecule has 3 fully saturated rings. The number of ether oxygens (including phenoxy) is 1. The number of piperazine rings is 1. The average Bonchev–Trinajstić information content (AvgIpc) is 3.81. The van der Waals surface area contributed by atoms with E-state index in [1.54, 1.807) is 52.3 Å². The number of hydrogen-bond donors (Lipinski definition) is 3. The molecule has 1 atom stereocenters. The van der Waals surface area contributed by atoms with E-state index in [2.05, 4.69) is 35.8 Å². The van der Waals surface area contributed by atoms with Crippen molar-refractivity contribution in [2.75, 3.05) is 50.1 Å². The normalized spacial score (nSPS) is 18.5. The highest BCUT2D eigenvalue weighted by atomic mass is 19.1. The molecule has 13 nitrogen and oxygen atoms in total. The van der Waals surface area contributed by atoms with Crippen LogP contribution in [-0.2, 0) is 9.59 Å². The molecule has 278 valence electrons. The van der Waals surface area contributed by atoms with Crippen LogP contribution in [0.25, 0.3) is 16.6 Å². The van der Waals surface area contributed by atoms with Crippen molar-refractivity contribution in [1.82, 2.24) is 35.0 Å². The summed E-state index contributed by atoms with van der Waals surface area (Å²) in [6.07, 6.45) is 13.3. The highest BCUT2D eigenvalue weighted by molar-refractivity contribution is 6.08. The number of rotatable bonds is 8. The molecule has 2 aromatic carbocycles. The maximum atomic E-state index is 14.8. The average molecular weight is 728 g/mol. The summed E-state index contributed by atoms with van der Waals surface area (Å²) >= 11 is 0. The smallest absolute Gasteiger partial charge is 0.260 e. The van der Waals surface area contributed by atoms with E-state index in [0.717, 1.165) is 36.5 Å². The molecule has 0 bridgehead atoms. The molecule has 0 radical (unpaired) electrons. The standard InChI is InChI=1S/C23H31F2N3O2.C15H12N6O2/c24-19-14-17(18-6-7-21(29)26-23(18)30)15-20(25)22(19)28-12-10-27(11-13-28)9-8-16-4-2-1-3-5-16;1-23-12-6-11-9(7-17-20-11)5-10(12)15(22)19-14-8-16-13-3-2-4-18-21(13)14/h14-16,18H,1-13H2,(H,26,29,30);2-8H,1H3,(H,17,20)(H,19,22). The Morgan fingerprint density at radius 2 is 1.77 bits per heavy atom. The number of anilines is 2. The number of nitrogens with one attached hydrogen (secondary N) is 3.